The van der Waals surface area contributed by atoms with Crippen molar-refractivity contribution in [2.24, 2.45) is 5.16 Å². The van der Waals surface area contributed by atoms with Gasteiger partial charge >= 0.3 is 0 Å². The number of carbonyl (C=O) groups excluding carboxylic acids is 1. The average molecular weight is 397 g/mol. The highest BCUT2D eigenvalue weighted by Gasteiger charge is 2.21. The van der Waals surface area contributed by atoms with Crippen LogP contribution in [0.2, 0.25) is 10.0 Å². The van der Waals surface area contributed by atoms with E-state index < -0.39 is 0 Å². The van der Waals surface area contributed by atoms with Gasteiger partial charge in [0.25, 0.3) is 5.91 Å². The molecule has 138 valence electrons. The molecule has 2 aromatic rings. The van der Waals surface area contributed by atoms with Crippen molar-refractivity contribution in [3.05, 3.63) is 57.5 Å². The van der Waals surface area contributed by atoms with Gasteiger partial charge in [-0.2, -0.15) is 0 Å². The van der Waals surface area contributed by atoms with E-state index in [0.29, 0.717) is 47.8 Å². The van der Waals surface area contributed by atoms with Gasteiger partial charge in [0.05, 0.1) is 23.9 Å². The summed E-state index contributed by atoms with van der Waals surface area (Å²) in [6.45, 7) is 4.12. The van der Waals surface area contributed by atoms with Gasteiger partial charge in [0.1, 0.15) is 5.76 Å². The average Bonchev–Trinajstić information content (AvgIpc) is 3.10. The van der Waals surface area contributed by atoms with Gasteiger partial charge in [-0.1, -0.05) is 34.4 Å². The molecule has 0 spiro atoms. The van der Waals surface area contributed by atoms with Crippen molar-refractivity contribution < 1.29 is 18.8 Å². The Morgan fingerprint density at radius 2 is 2.00 bits per heavy atom. The van der Waals surface area contributed by atoms with Crippen LogP contribution in [0, 0.1) is 0 Å². The van der Waals surface area contributed by atoms with Crippen molar-refractivity contribution in [3.8, 4) is 0 Å². The maximum atomic E-state index is 12.3. The van der Waals surface area contributed by atoms with Crippen molar-refractivity contribution in [2.45, 2.75) is 13.5 Å². The molecule has 26 heavy (non-hydrogen) atoms. The molecule has 0 bridgehead atoms. The van der Waals surface area contributed by atoms with Crippen LogP contribution < -0.4 is 0 Å². The van der Waals surface area contributed by atoms with Crippen LogP contribution in [0.4, 0.5) is 0 Å². The van der Waals surface area contributed by atoms with Crippen LogP contribution >= 0.6 is 23.2 Å². The lowest BCUT2D eigenvalue weighted by Crippen LogP contribution is -2.40. The molecule has 0 N–H and O–H groups in total. The smallest absolute Gasteiger partial charge is 0.289 e. The first-order valence-electron chi connectivity index (χ1n) is 8.12. The second-order valence-electron chi connectivity index (χ2n) is 5.74. The summed E-state index contributed by atoms with van der Waals surface area (Å²) in [5, 5.41) is 5.10. The molecular weight excluding hydrogens is 379 g/mol. The molecule has 1 amide bonds. The summed E-state index contributed by atoms with van der Waals surface area (Å²) in [5.74, 6) is 0.652. The second-order valence-corrected chi connectivity index (χ2v) is 6.59. The summed E-state index contributed by atoms with van der Waals surface area (Å²) in [6, 6.07) is 8.50. The quantitative estimate of drug-likeness (QED) is 0.565. The van der Waals surface area contributed by atoms with Crippen molar-refractivity contribution in [3.63, 3.8) is 0 Å². The Hall–Kier alpha value is -2.02. The number of rotatable bonds is 5. The van der Waals surface area contributed by atoms with Crippen LogP contribution in [-0.4, -0.2) is 42.8 Å². The third kappa shape index (κ3) is 4.58. The first-order chi connectivity index (χ1) is 12.5. The minimum Gasteiger partial charge on any atom is -0.452 e. The molecule has 0 saturated carbocycles. The number of hydrogen-bond acceptors (Lipinski definition) is 5. The fraction of sp³-hybridized carbons (Fsp3) is 0.333. The highest BCUT2D eigenvalue weighted by atomic mass is 35.5. The first kappa shape index (κ1) is 18.8. The molecule has 2 heterocycles. The zero-order chi connectivity index (χ0) is 18.5. The molecule has 3 rings (SSSR count). The van der Waals surface area contributed by atoms with E-state index in [1.165, 1.54) is 0 Å². The molecule has 1 fully saturated rings. The van der Waals surface area contributed by atoms with Gasteiger partial charge in [0.2, 0.25) is 0 Å². The van der Waals surface area contributed by atoms with Crippen LogP contribution in [0.25, 0.3) is 0 Å². The van der Waals surface area contributed by atoms with E-state index in [1.54, 1.807) is 42.2 Å². The molecule has 8 heteroatoms. The van der Waals surface area contributed by atoms with E-state index in [0.717, 1.165) is 5.56 Å². The normalized spacial score (nSPS) is 15.2. The predicted octanol–water partition coefficient (Wildman–Crippen LogP) is 4.00. The minimum absolute atomic E-state index is 0.110. The van der Waals surface area contributed by atoms with Gasteiger partial charge in [-0.3, -0.25) is 4.79 Å². The summed E-state index contributed by atoms with van der Waals surface area (Å²) in [4.78, 5) is 19.4. The summed E-state index contributed by atoms with van der Waals surface area (Å²) in [7, 11) is 0. The Morgan fingerprint density at radius 1 is 1.23 bits per heavy atom. The molecule has 0 atom stereocenters. The van der Waals surface area contributed by atoms with E-state index in [2.05, 4.69) is 5.16 Å². The number of oxime groups is 1. The number of nitrogens with zero attached hydrogens (tertiary/aromatic N) is 2. The fourth-order valence-corrected chi connectivity index (χ4v) is 3.06. The van der Waals surface area contributed by atoms with Crippen LogP contribution in [-0.2, 0) is 16.2 Å². The standard InChI is InChI=1S/C18H18Cl2N2O4/c1-12(15-4-2-13(19)10-16(15)20)21-25-11-14-3-5-17(26-14)18(23)22-6-8-24-9-7-22/h2-5,10H,6-9,11H2,1H3. The van der Waals surface area contributed by atoms with Gasteiger partial charge in [0.15, 0.2) is 12.4 Å². The van der Waals surface area contributed by atoms with Gasteiger partial charge in [-0.15, -0.1) is 0 Å². The summed E-state index contributed by atoms with van der Waals surface area (Å²) in [5.41, 5.74) is 1.35. The summed E-state index contributed by atoms with van der Waals surface area (Å²) >= 11 is 12.0. The Kier molecular flexibility index (Phi) is 6.19. The van der Waals surface area contributed by atoms with E-state index in [1.807, 2.05) is 0 Å². The van der Waals surface area contributed by atoms with Gasteiger partial charge in [-0.05, 0) is 31.2 Å². The Morgan fingerprint density at radius 3 is 2.73 bits per heavy atom. The number of morpholine rings is 1. The molecule has 1 aliphatic heterocycles. The number of furan rings is 1. The van der Waals surface area contributed by atoms with Gasteiger partial charge in [-0.25, -0.2) is 0 Å². The van der Waals surface area contributed by atoms with Crippen molar-refractivity contribution >= 4 is 34.8 Å². The Bertz CT molecular complexity index is 813. The fourth-order valence-electron chi connectivity index (χ4n) is 2.52. The molecule has 1 aliphatic rings. The molecule has 0 aliphatic carbocycles. The number of halogens is 2. The van der Waals surface area contributed by atoms with Gasteiger partial charge in [0, 0.05) is 23.7 Å². The van der Waals surface area contributed by atoms with Crippen LogP contribution in [0.15, 0.2) is 39.9 Å². The first-order valence-corrected chi connectivity index (χ1v) is 8.88. The van der Waals surface area contributed by atoms with Crippen LogP contribution in [0.5, 0.6) is 0 Å². The third-order valence-corrected chi connectivity index (χ3v) is 4.45. The van der Waals surface area contributed by atoms with Crippen molar-refractivity contribution in [2.75, 3.05) is 26.3 Å². The molecule has 0 radical (unpaired) electrons. The van der Waals surface area contributed by atoms with Gasteiger partial charge < -0.3 is 18.9 Å². The third-order valence-electron chi connectivity index (χ3n) is 3.90. The van der Waals surface area contributed by atoms with Crippen LogP contribution in [0.1, 0.15) is 28.8 Å². The minimum atomic E-state index is -0.146. The van der Waals surface area contributed by atoms with Crippen molar-refractivity contribution in [1.29, 1.82) is 0 Å². The Balaban J connectivity index is 1.58. The highest BCUT2D eigenvalue weighted by molar-refractivity contribution is 6.36. The second kappa shape index (κ2) is 8.58. The number of amides is 1. The summed E-state index contributed by atoms with van der Waals surface area (Å²) in [6.07, 6.45) is 0. The molecule has 0 unspecified atom stereocenters. The zero-order valence-corrected chi connectivity index (χ0v) is 15.7. The number of ether oxygens (including phenoxy) is 1. The lowest BCUT2D eigenvalue weighted by molar-refractivity contribution is 0.0278. The van der Waals surface area contributed by atoms with E-state index in [-0.39, 0.29) is 18.3 Å². The monoisotopic (exact) mass is 396 g/mol. The molecule has 1 aromatic heterocycles. The maximum Gasteiger partial charge on any atom is 0.289 e. The molecular formula is C18H18Cl2N2O4. The number of carbonyl (C=O) groups is 1. The Labute approximate surface area is 161 Å². The van der Waals surface area contributed by atoms with E-state index in [4.69, 9.17) is 37.2 Å². The van der Waals surface area contributed by atoms with E-state index >= 15 is 0 Å². The summed E-state index contributed by atoms with van der Waals surface area (Å²) < 4.78 is 10.8. The predicted molar refractivity (Wildman–Crippen MR) is 98.9 cm³/mol. The topological polar surface area (TPSA) is 64.3 Å². The lowest BCUT2D eigenvalue weighted by Gasteiger charge is -2.25. The molecule has 1 saturated heterocycles. The molecule has 1 aromatic carbocycles. The highest BCUT2D eigenvalue weighted by Crippen LogP contribution is 2.22. The number of hydrogen-bond donors (Lipinski definition) is 0. The van der Waals surface area contributed by atoms with Crippen LogP contribution in [0.3, 0.4) is 0 Å². The molecule has 6 nitrogen and oxygen atoms in total. The van der Waals surface area contributed by atoms with Crippen molar-refractivity contribution in [1.82, 2.24) is 4.90 Å². The SMILES string of the molecule is CC(=NOCc1ccc(C(=O)N2CCOCC2)o1)c1ccc(Cl)cc1Cl. The lowest BCUT2D eigenvalue weighted by atomic mass is 10.1. The number of benzene rings is 1. The largest absolute Gasteiger partial charge is 0.452 e. The zero-order valence-electron chi connectivity index (χ0n) is 14.2. The maximum absolute atomic E-state index is 12.3. The van der Waals surface area contributed by atoms with E-state index in [9.17, 15) is 4.79 Å².